The lowest BCUT2D eigenvalue weighted by Gasteiger charge is -2.07. The van der Waals surface area contributed by atoms with Crippen LogP contribution in [0.15, 0.2) is 12.4 Å². The summed E-state index contributed by atoms with van der Waals surface area (Å²) in [6.45, 7) is 2.36. The van der Waals surface area contributed by atoms with Crippen molar-refractivity contribution in [1.82, 2.24) is 29.7 Å². The van der Waals surface area contributed by atoms with Gasteiger partial charge in [-0.25, -0.2) is 13.1 Å². The molecule has 0 aromatic carbocycles. The first-order valence-electron chi connectivity index (χ1n) is 5.35. The van der Waals surface area contributed by atoms with E-state index in [9.17, 15) is 8.42 Å². The van der Waals surface area contributed by atoms with Crippen molar-refractivity contribution < 1.29 is 8.42 Å². The fraction of sp³-hybridized carbons (Fsp3) is 0.500. The summed E-state index contributed by atoms with van der Waals surface area (Å²) >= 11 is 0. The third kappa shape index (κ3) is 2.90. The Balaban J connectivity index is 2.01. The zero-order valence-electron chi connectivity index (χ0n) is 9.74. The highest BCUT2D eigenvalue weighted by molar-refractivity contribution is 7.89. The first kappa shape index (κ1) is 12.6. The van der Waals surface area contributed by atoms with Gasteiger partial charge in [-0.2, -0.15) is 4.52 Å². The number of tetrazole rings is 1. The third-order valence-corrected chi connectivity index (χ3v) is 3.62. The molecule has 10 heteroatoms. The molecule has 2 N–H and O–H groups in total. The number of hydrogen-bond donors (Lipinski definition) is 2. The zero-order valence-corrected chi connectivity index (χ0v) is 10.6. The van der Waals surface area contributed by atoms with E-state index in [0.29, 0.717) is 18.0 Å². The highest BCUT2D eigenvalue weighted by Crippen LogP contribution is 2.05. The molecule has 0 atom stereocenters. The minimum Gasteiger partial charge on any atom is -0.368 e. The van der Waals surface area contributed by atoms with E-state index in [1.54, 1.807) is 6.92 Å². The van der Waals surface area contributed by atoms with Gasteiger partial charge < -0.3 is 5.32 Å². The summed E-state index contributed by atoms with van der Waals surface area (Å²) in [5.74, 6) is 0.517. The van der Waals surface area contributed by atoms with Crippen molar-refractivity contribution in [3.05, 3.63) is 12.4 Å². The van der Waals surface area contributed by atoms with Crippen molar-refractivity contribution in [3.8, 4) is 0 Å². The Bertz CT molecular complexity index is 623. The van der Waals surface area contributed by atoms with E-state index >= 15 is 0 Å². The summed E-state index contributed by atoms with van der Waals surface area (Å²) in [5.41, 5.74) is 0.495. The minimum atomic E-state index is -3.24. The summed E-state index contributed by atoms with van der Waals surface area (Å²) in [5, 5.41) is 13.9. The number of hydrogen-bond acceptors (Lipinski definition) is 7. The molecule has 0 unspecified atom stereocenters. The fourth-order valence-electron chi connectivity index (χ4n) is 1.40. The second-order valence-electron chi connectivity index (χ2n) is 3.48. The van der Waals surface area contributed by atoms with Gasteiger partial charge in [0.15, 0.2) is 5.65 Å². The molecule has 0 radical (unpaired) electrons. The molecule has 0 fully saturated rings. The molecule has 0 aliphatic heterocycles. The Morgan fingerprint density at radius 1 is 1.39 bits per heavy atom. The van der Waals surface area contributed by atoms with Crippen LogP contribution in [0.5, 0.6) is 0 Å². The van der Waals surface area contributed by atoms with Crippen LogP contribution < -0.4 is 10.0 Å². The Kier molecular flexibility index (Phi) is 3.67. The Morgan fingerprint density at radius 2 is 2.22 bits per heavy atom. The van der Waals surface area contributed by atoms with Gasteiger partial charge in [-0.3, -0.25) is 4.98 Å². The average Bonchev–Trinajstić information content (AvgIpc) is 2.77. The molecule has 0 saturated carbocycles. The second kappa shape index (κ2) is 5.23. The molecule has 0 bridgehead atoms. The second-order valence-corrected chi connectivity index (χ2v) is 5.41. The van der Waals surface area contributed by atoms with E-state index in [2.05, 4.69) is 30.5 Å². The van der Waals surface area contributed by atoms with Crippen LogP contribution in [0.3, 0.4) is 0 Å². The monoisotopic (exact) mass is 271 g/mol. The summed E-state index contributed by atoms with van der Waals surface area (Å²) in [6.07, 6.45) is 3.05. The van der Waals surface area contributed by atoms with Crippen molar-refractivity contribution in [2.24, 2.45) is 0 Å². The number of aromatic nitrogens is 5. The smallest absolute Gasteiger partial charge is 0.213 e. The van der Waals surface area contributed by atoms with Gasteiger partial charge in [0.1, 0.15) is 5.82 Å². The largest absolute Gasteiger partial charge is 0.368 e. The first-order chi connectivity index (χ1) is 8.62. The molecule has 2 rings (SSSR count). The number of sulfonamides is 1. The normalized spacial score (nSPS) is 11.8. The molecule has 9 nitrogen and oxygen atoms in total. The minimum absolute atomic E-state index is 0.0284. The third-order valence-electron chi connectivity index (χ3n) is 2.15. The molecule has 0 amide bonds. The number of nitrogens with zero attached hydrogens (tertiary/aromatic N) is 5. The van der Waals surface area contributed by atoms with Gasteiger partial charge in [-0.05, 0) is 10.4 Å². The summed E-state index contributed by atoms with van der Waals surface area (Å²) in [4.78, 5) is 3.95. The average molecular weight is 271 g/mol. The lowest BCUT2D eigenvalue weighted by atomic mass is 10.6. The van der Waals surface area contributed by atoms with E-state index in [0.717, 1.165) is 0 Å². The maximum atomic E-state index is 11.4. The number of rotatable bonds is 6. The van der Waals surface area contributed by atoms with E-state index in [1.807, 2.05) is 0 Å². The van der Waals surface area contributed by atoms with E-state index < -0.39 is 10.0 Å². The van der Waals surface area contributed by atoms with E-state index in [1.165, 1.54) is 16.9 Å². The molecule has 0 saturated heterocycles. The molecule has 2 aromatic rings. The predicted molar refractivity (Wildman–Crippen MR) is 64.5 cm³/mol. The fourth-order valence-corrected chi connectivity index (χ4v) is 2.36. The molecule has 98 valence electrons. The Hall–Kier alpha value is -1.81. The van der Waals surface area contributed by atoms with Crippen LogP contribution in [-0.4, -0.2) is 52.3 Å². The summed E-state index contributed by atoms with van der Waals surface area (Å²) < 4.78 is 26.7. The van der Waals surface area contributed by atoms with Crippen molar-refractivity contribution in [3.63, 3.8) is 0 Å². The lowest BCUT2D eigenvalue weighted by molar-refractivity contribution is 0.584. The highest BCUT2D eigenvalue weighted by atomic mass is 32.2. The van der Waals surface area contributed by atoms with Gasteiger partial charge in [0.05, 0.1) is 18.1 Å². The molecular formula is C8H13N7O2S. The van der Waals surface area contributed by atoms with Gasteiger partial charge in [-0.1, -0.05) is 6.92 Å². The summed E-state index contributed by atoms with van der Waals surface area (Å²) in [6, 6.07) is 0. The van der Waals surface area contributed by atoms with Crippen LogP contribution in [0, 0.1) is 0 Å². The van der Waals surface area contributed by atoms with Crippen LogP contribution in [0.1, 0.15) is 6.92 Å². The van der Waals surface area contributed by atoms with Crippen molar-refractivity contribution in [1.29, 1.82) is 0 Å². The highest BCUT2D eigenvalue weighted by Gasteiger charge is 2.09. The Labute approximate surface area is 104 Å². The van der Waals surface area contributed by atoms with E-state index in [-0.39, 0.29) is 12.3 Å². The number of anilines is 1. The van der Waals surface area contributed by atoms with Crippen molar-refractivity contribution in [2.75, 3.05) is 24.2 Å². The molecule has 0 spiro atoms. The number of nitrogens with one attached hydrogen (secondary N) is 2. The topological polar surface area (TPSA) is 114 Å². The maximum Gasteiger partial charge on any atom is 0.213 e. The quantitative estimate of drug-likeness (QED) is 0.683. The van der Waals surface area contributed by atoms with Crippen LogP contribution >= 0.6 is 0 Å². The predicted octanol–water partition coefficient (Wildman–Crippen LogP) is -1.13. The van der Waals surface area contributed by atoms with Gasteiger partial charge in [0, 0.05) is 13.1 Å². The molecule has 2 heterocycles. The van der Waals surface area contributed by atoms with E-state index in [4.69, 9.17) is 0 Å². The summed E-state index contributed by atoms with van der Waals surface area (Å²) in [7, 11) is -3.24. The first-order valence-corrected chi connectivity index (χ1v) is 7.01. The molecule has 0 aliphatic carbocycles. The van der Waals surface area contributed by atoms with Gasteiger partial charge in [0.2, 0.25) is 10.0 Å². The van der Waals surface area contributed by atoms with Crippen LogP contribution in [-0.2, 0) is 10.0 Å². The molecule has 2 aromatic heterocycles. The SMILES string of the molecule is CCNS(=O)(=O)CCNc1cncc2nnnn12. The number of fused-ring (bicyclic) bond motifs is 1. The van der Waals surface area contributed by atoms with Gasteiger partial charge in [-0.15, -0.1) is 5.10 Å². The molecule has 18 heavy (non-hydrogen) atoms. The van der Waals surface area contributed by atoms with Gasteiger partial charge in [0.25, 0.3) is 0 Å². The van der Waals surface area contributed by atoms with Crippen molar-refractivity contribution >= 4 is 21.5 Å². The van der Waals surface area contributed by atoms with Gasteiger partial charge >= 0.3 is 0 Å². The molecule has 0 aliphatic rings. The van der Waals surface area contributed by atoms with Crippen LogP contribution in [0.2, 0.25) is 0 Å². The Morgan fingerprint density at radius 3 is 3.00 bits per heavy atom. The van der Waals surface area contributed by atoms with Crippen molar-refractivity contribution in [2.45, 2.75) is 6.92 Å². The standard InChI is InChI=1S/C8H13N7O2S/c1-2-11-18(16,17)4-3-10-7-5-9-6-8-12-13-14-15(7)8/h5-6,10-11H,2-4H2,1H3. The zero-order chi connectivity index (χ0) is 13.0. The van der Waals surface area contributed by atoms with Crippen LogP contribution in [0.4, 0.5) is 5.82 Å². The van der Waals surface area contributed by atoms with Crippen LogP contribution in [0.25, 0.3) is 5.65 Å². The molecular weight excluding hydrogens is 258 g/mol. The lowest BCUT2D eigenvalue weighted by Crippen LogP contribution is -2.29. The maximum absolute atomic E-state index is 11.4.